The van der Waals surface area contributed by atoms with E-state index in [9.17, 15) is 0 Å². The first kappa shape index (κ1) is 6.09. The average Bonchev–Trinajstić information content (AvgIpc) is 2.45. The van der Waals surface area contributed by atoms with Crippen molar-refractivity contribution in [1.29, 1.82) is 0 Å². The zero-order valence-corrected chi connectivity index (χ0v) is 5.83. The maximum Gasteiger partial charge on any atom is 0.0278 e. The predicted octanol–water partition coefficient (Wildman–Crippen LogP) is 1.54. The summed E-state index contributed by atoms with van der Waals surface area (Å²) in [6, 6.07) is 0. The molecule has 0 aromatic heterocycles. The fourth-order valence-corrected chi connectivity index (χ4v) is 0.895. The van der Waals surface area contributed by atoms with E-state index in [2.05, 4.69) is 19.2 Å². The van der Waals surface area contributed by atoms with E-state index in [0.29, 0.717) is 5.54 Å². The van der Waals surface area contributed by atoms with Gasteiger partial charge >= 0.3 is 0 Å². The Morgan fingerprint density at radius 2 is 2.25 bits per heavy atom. The monoisotopic (exact) mass is 113 g/mol. The van der Waals surface area contributed by atoms with E-state index in [-0.39, 0.29) is 0 Å². The van der Waals surface area contributed by atoms with Crippen LogP contribution in [0.15, 0.2) is 0 Å². The summed E-state index contributed by atoms with van der Waals surface area (Å²) in [5.74, 6) is 0. The van der Waals surface area contributed by atoms with Crippen molar-refractivity contribution in [3.05, 3.63) is 0 Å². The maximum absolute atomic E-state index is 3.35. The molecular weight excluding hydrogens is 98.1 g/mol. The summed E-state index contributed by atoms with van der Waals surface area (Å²) in [4.78, 5) is 0. The smallest absolute Gasteiger partial charge is 0.0278 e. The molecule has 1 nitrogen and oxygen atoms in total. The molecule has 0 amide bonds. The molecule has 0 aromatic rings. The molecule has 1 heterocycles. The summed E-state index contributed by atoms with van der Waals surface area (Å²) in [6.07, 6.45) is 4.07. The summed E-state index contributed by atoms with van der Waals surface area (Å²) in [5.41, 5.74) is 0.552. The van der Waals surface area contributed by atoms with Gasteiger partial charge in [-0.05, 0) is 13.3 Å². The van der Waals surface area contributed by atoms with Gasteiger partial charge in [-0.25, -0.2) is 0 Å². The highest BCUT2D eigenvalue weighted by atomic mass is 15.1. The number of rotatable bonds is 3. The fraction of sp³-hybridized carbons (Fsp3) is 1.00. The standard InChI is InChI=1S/C7H15N/c1-3-4-5-7(2)6-8-7/h8H,3-6H2,1-2H3. The summed E-state index contributed by atoms with van der Waals surface area (Å²) >= 11 is 0. The van der Waals surface area contributed by atoms with Crippen LogP contribution in [0.25, 0.3) is 0 Å². The van der Waals surface area contributed by atoms with Crippen LogP contribution in [-0.2, 0) is 0 Å². The third kappa shape index (κ3) is 1.48. The molecule has 48 valence electrons. The normalized spacial score (nSPS) is 35.2. The van der Waals surface area contributed by atoms with Gasteiger partial charge in [-0.15, -0.1) is 0 Å². The molecule has 1 unspecified atom stereocenters. The Bertz CT molecular complexity index is 74.5. The molecule has 0 saturated carbocycles. The minimum absolute atomic E-state index is 0.552. The minimum atomic E-state index is 0.552. The summed E-state index contributed by atoms with van der Waals surface area (Å²) in [7, 11) is 0. The first-order valence-electron chi connectivity index (χ1n) is 3.52. The second-order valence-corrected chi connectivity index (χ2v) is 3.02. The molecule has 1 saturated heterocycles. The second-order valence-electron chi connectivity index (χ2n) is 3.02. The van der Waals surface area contributed by atoms with Crippen molar-refractivity contribution in [2.75, 3.05) is 6.54 Å². The number of nitrogens with one attached hydrogen (secondary N) is 1. The summed E-state index contributed by atoms with van der Waals surface area (Å²) in [6.45, 7) is 5.78. The van der Waals surface area contributed by atoms with Crippen LogP contribution in [0.5, 0.6) is 0 Å². The zero-order chi connectivity index (χ0) is 6.04. The quantitative estimate of drug-likeness (QED) is 0.551. The van der Waals surface area contributed by atoms with Gasteiger partial charge < -0.3 is 5.32 Å². The molecule has 1 N–H and O–H groups in total. The van der Waals surface area contributed by atoms with Gasteiger partial charge in [0, 0.05) is 12.1 Å². The van der Waals surface area contributed by atoms with E-state index >= 15 is 0 Å². The topological polar surface area (TPSA) is 21.9 Å². The fourth-order valence-electron chi connectivity index (χ4n) is 0.895. The molecule has 0 radical (unpaired) electrons. The lowest BCUT2D eigenvalue weighted by Gasteiger charge is -2.02. The van der Waals surface area contributed by atoms with Crippen LogP contribution < -0.4 is 5.32 Å². The Morgan fingerprint density at radius 3 is 2.62 bits per heavy atom. The van der Waals surface area contributed by atoms with Crippen LogP contribution in [-0.4, -0.2) is 12.1 Å². The molecular formula is C7H15N. The molecule has 0 bridgehead atoms. The number of unbranched alkanes of at least 4 members (excludes halogenated alkanes) is 1. The minimum Gasteiger partial charge on any atom is -0.308 e. The van der Waals surface area contributed by atoms with Crippen LogP contribution in [0, 0.1) is 0 Å². The predicted molar refractivity (Wildman–Crippen MR) is 35.9 cm³/mol. The Kier molecular flexibility index (Phi) is 1.57. The van der Waals surface area contributed by atoms with Crippen molar-refractivity contribution in [3.63, 3.8) is 0 Å². The highest BCUT2D eigenvalue weighted by Gasteiger charge is 2.34. The molecule has 1 atom stereocenters. The SMILES string of the molecule is CCCCC1(C)CN1. The van der Waals surface area contributed by atoms with Crippen molar-refractivity contribution in [2.45, 2.75) is 38.6 Å². The zero-order valence-electron chi connectivity index (χ0n) is 5.83. The molecule has 1 fully saturated rings. The molecule has 1 heteroatoms. The van der Waals surface area contributed by atoms with Gasteiger partial charge in [0.05, 0.1) is 0 Å². The highest BCUT2D eigenvalue weighted by molar-refractivity contribution is 4.98. The Morgan fingerprint density at radius 1 is 1.62 bits per heavy atom. The van der Waals surface area contributed by atoms with Gasteiger partial charge in [0.1, 0.15) is 0 Å². The summed E-state index contributed by atoms with van der Waals surface area (Å²) < 4.78 is 0. The van der Waals surface area contributed by atoms with Crippen LogP contribution in [0.3, 0.4) is 0 Å². The third-order valence-corrected chi connectivity index (χ3v) is 1.86. The number of hydrogen-bond donors (Lipinski definition) is 1. The molecule has 1 rings (SSSR count). The van der Waals surface area contributed by atoms with Gasteiger partial charge in [-0.3, -0.25) is 0 Å². The molecule has 8 heavy (non-hydrogen) atoms. The molecule has 1 aliphatic rings. The van der Waals surface area contributed by atoms with Gasteiger partial charge in [-0.1, -0.05) is 19.8 Å². The lowest BCUT2D eigenvalue weighted by Crippen LogP contribution is -2.07. The van der Waals surface area contributed by atoms with Gasteiger partial charge in [0.25, 0.3) is 0 Å². The highest BCUT2D eigenvalue weighted by Crippen LogP contribution is 2.22. The van der Waals surface area contributed by atoms with E-state index in [1.54, 1.807) is 0 Å². The van der Waals surface area contributed by atoms with Crippen LogP contribution in [0.1, 0.15) is 33.1 Å². The van der Waals surface area contributed by atoms with E-state index in [1.807, 2.05) is 0 Å². The second kappa shape index (κ2) is 2.06. The van der Waals surface area contributed by atoms with E-state index in [0.717, 1.165) is 0 Å². The molecule has 1 aliphatic heterocycles. The van der Waals surface area contributed by atoms with Crippen LogP contribution in [0.4, 0.5) is 0 Å². The van der Waals surface area contributed by atoms with E-state index < -0.39 is 0 Å². The van der Waals surface area contributed by atoms with Crippen molar-refractivity contribution in [2.24, 2.45) is 0 Å². The Balaban J connectivity index is 2.01. The van der Waals surface area contributed by atoms with Crippen LogP contribution >= 0.6 is 0 Å². The van der Waals surface area contributed by atoms with Gasteiger partial charge in [-0.2, -0.15) is 0 Å². The first-order chi connectivity index (χ1) is 3.77. The van der Waals surface area contributed by atoms with Gasteiger partial charge in [0.15, 0.2) is 0 Å². The third-order valence-electron chi connectivity index (χ3n) is 1.86. The summed E-state index contributed by atoms with van der Waals surface area (Å²) in [5, 5.41) is 3.35. The Labute approximate surface area is 51.5 Å². The Hall–Kier alpha value is -0.0400. The van der Waals surface area contributed by atoms with Crippen molar-refractivity contribution in [1.82, 2.24) is 5.32 Å². The maximum atomic E-state index is 3.35. The van der Waals surface area contributed by atoms with Crippen molar-refractivity contribution in [3.8, 4) is 0 Å². The lowest BCUT2D eigenvalue weighted by atomic mass is 10.1. The first-order valence-corrected chi connectivity index (χ1v) is 3.52. The van der Waals surface area contributed by atoms with Crippen molar-refractivity contribution < 1.29 is 0 Å². The number of hydrogen-bond acceptors (Lipinski definition) is 1. The molecule has 0 aliphatic carbocycles. The average molecular weight is 113 g/mol. The molecule has 0 aromatic carbocycles. The lowest BCUT2D eigenvalue weighted by molar-refractivity contribution is 0.582. The van der Waals surface area contributed by atoms with E-state index in [4.69, 9.17) is 0 Å². The van der Waals surface area contributed by atoms with E-state index in [1.165, 1.54) is 25.8 Å². The largest absolute Gasteiger partial charge is 0.308 e. The van der Waals surface area contributed by atoms with Crippen LogP contribution in [0.2, 0.25) is 0 Å². The molecule has 0 spiro atoms. The van der Waals surface area contributed by atoms with Gasteiger partial charge in [0.2, 0.25) is 0 Å². The van der Waals surface area contributed by atoms with Crippen molar-refractivity contribution >= 4 is 0 Å².